The molecule has 2 aromatic carbocycles. The Kier molecular flexibility index (Phi) is 4.33. The third-order valence-electron chi connectivity index (χ3n) is 4.51. The molecule has 1 atom stereocenters. The molecule has 0 unspecified atom stereocenters. The summed E-state index contributed by atoms with van der Waals surface area (Å²) in [6, 6.07) is 12.2. The average molecular weight is 312 g/mol. The van der Waals surface area contributed by atoms with E-state index in [0.29, 0.717) is 6.54 Å². The molecule has 0 radical (unpaired) electrons. The molecular weight excluding hydrogens is 291 g/mol. The Morgan fingerprint density at radius 1 is 1.17 bits per heavy atom. The first-order valence-corrected chi connectivity index (χ1v) is 7.95. The van der Waals surface area contributed by atoms with Crippen molar-refractivity contribution in [2.75, 3.05) is 11.9 Å². The predicted molar refractivity (Wildman–Crippen MR) is 90.0 cm³/mol. The number of rotatable bonds is 2. The fourth-order valence-corrected chi connectivity index (χ4v) is 3.08. The van der Waals surface area contributed by atoms with E-state index in [1.165, 1.54) is 17.7 Å². The predicted octanol–water partition coefficient (Wildman–Crippen LogP) is 4.81. The summed E-state index contributed by atoms with van der Waals surface area (Å²) in [5.74, 6) is -0.260. The number of nitrogens with one attached hydrogen (secondary N) is 1. The number of carbonyl (C=O) groups excluding carboxylic acids is 1. The van der Waals surface area contributed by atoms with Gasteiger partial charge in [0.2, 0.25) is 0 Å². The molecule has 1 heterocycles. The lowest BCUT2D eigenvalue weighted by Crippen LogP contribution is -2.34. The van der Waals surface area contributed by atoms with E-state index in [-0.39, 0.29) is 17.9 Å². The number of urea groups is 1. The summed E-state index contributed by atoms with van der Waals surface area (Å²) in [5, 5.41) is 2.96. The first-order valence-electron chi connectivity index (χ1n) is 7.95. The number of nitrogens with zero attached hydrogens (tertiary/aromatic N) is 1. The summed E-state index contributed by atoms with van der Waals surface area (Å²) < 4.78 is 13.5. The van der Waals surface area contributed by atoms with Crippen LogP contribution in [-0.4, -0.2) is 17.5 Å². The van der Waals surface area contributed by atoms with Crippen LogP contribution >= 0.6 is 0 Å². The monoisotopic (exact) mass is 312 g/mol. The van der Waals surface area contributed by atoms with Crippen LogP contribution in [0.15, 0.2) is 42.5 Å². The topological polar surface area (TPSA) is 32.3 Å². The lowest BCUT2D eigenvalue weighted by atomic mass is 10.0. The van der Waals surface area contributed by atoms with Gasteiger partial charge in [-0.05, 0) is 67.6 Å². The first kappa shape index (κ1) is 15.5. The van der Waals surface area contributed by atoms with E-state index in [2.05, 4.69) is 5.32 Å². The number of anilines is 1. The smallest absolute Gasteiger partial charge is 0.317 e. The Balaban J connectivity index is 1.76. The van der Waals surface area contributed by atoms with Gasteiger partial charge in [-0.1, -0.05) is 18.2 Å². The van der Waals surface area contributed by atoms with Crippen LogP contribution in [0.25, 0.3) is 0 Å². The zero-order valence-electron chi connectivity index (χ0n) is 13.5. The molecule has 3 rings (SSSR count). The molecule has 2 amide bonds. The van der Waals surface area contributed by atoms with Crippen molar-refractivity contribution >= 4 is 11.7 Å². The number of benzene rings is 2. The highest BCUT2D eigenvalue weighted by atomic mass is 19.1. The van der Waals surface area contributed by atoms with Crippen molar-refractivity contribution in [1.82, 2.24) is 4.90 Å². The van der Waals surface area contributed by atoms with Crippen molar-refractivity contribution in [1.29, 1.82) is 0 Å². The molecule has 0 aliphatic carbocycles. The summed E-state index contributed by atoms with van der Waals surface area (Å²) in [7, 11) is 0. The van der Waals surface area contributed by atoms with Crippen LogP contribution in [0.1, 0.15) is 35.6 Å². The molecule has 0 aromatic heterocycles. The van der Waals surface area contributed by atoms with Crippen LogP contribution in [0.4, 0.5) is 14.9 Å². The van der Waals surface area contributed by atoms with Crippen LogP contribution in [0.3, 0.4) is 0 Å². The van der Waals surface area contributed by atoms with Gasteiger partial charge in [-0.25, -0.2) is 9.18 Å². The third kappa shape index (κ3) is 3.36. The summed E-state index contributed by atoms with van der Waals surface area (Å²) in [6.45, 7) is 4.76. The Labute approximate surface area is 136 Å². The highest BCUT2D eigenvalue weighted by Gasteiger charge is 2.30. The van der Waals surface area contributed by atoms with Crippen molar-refractivity contribution in [3.63, 3.8) is 0 Å². The fourth-order valence-electron chi connectivity index (χ4n) is 3.08. The van der Waals surface area contributed by atoms with Gasteiger partial charge in [0, 0.05) is 12.2 Å². The number of hydrogen-bond acceptors (Lipinski definition) is 1. The Morgan fingerprint density at radius 2 is 2.00 bits per heavy atom. The lowest BCUT2D eigenvalue weighted by molar-refractivity contribution is 0.207. The minimum atomic E-state index is -0.260. The van der Waals surface area contributed by atoms with E-state index in [9.17, 15) is 9.18 Å². The van der Waals surface area contributed by atoms with Gasteiger partial charge < -0.3 is 10.2 Å². The highest BCUT2D eigenvalue weighted by molar-refractivity contribution is 5.90. The van der Waals surface area contributed by atoms with Gasteiger partial charge in [-0.3, -0.25) is 0 Å². The number of hydrogen-bond donors (Lipinski definition) is 1. The van der Waals surface area contributed by atoms with Crippen molar-refractivity contribution in [3.8, 4) is 0 Å². The fraction of sp³-hybridized carbons (Fsp3) is 0.316. The maximum Gasteiger partial charge on any atom is 0.322 e. The second-order valence-electron chi connectivity index (χ2n) is 6.14. The van der Waals surface area contributed by atoms with Crippen LogP contribution in [0.5, 0.6) is 0 Å². The summed E-state index contributed by atoms with van der Waals surface area (Å²) >= 11 is 0. The normalized spacial score (nSPS) is 17.3. The Bertz CT molecular complexity index is 729. The van der Waals surface area contributed by atoms with Gasteiger partial charge >= 0.3 is 6.03 Å². The Hall–Kier alpha value is -2.36. The van der Waals surface area contributed by atoms with E-state index < -0.39 is 0 Å². The molecule has 4 heteroatoms. The van der Waals surface area contributed by atoms with Gasteiger partial charge in [-0.2, -0.15) is 0 Å². The second-order valence-corrected chi connectivity index (χ2v) is 6.14. The van der Waals surface area contributed by atoms with Gasteiger partial charge in [0.05, 0.1) is 6.04 Å². The SMILES string of the molecule is Cc1ccc(NC(=O)N2CCC[C@@H]2c2cccc(F)c2)cc1C. The van der Waals surface area contributed by atoms with Crippen molar-refractivity contribution in [2.45, 2.75) is 32.7 Å². The number of likely N-dealkylation sites (tertiary alicyclic amines) is 1. The quantitative estimate of drug-likeness (QED) is 0.848. The van der Waals surface area contributed by atoms with Gasteiger partial charge in [0.25, 0.3) is 0 Å². The molecule has 1 saturated heterocycles. The lowest BCUT2D eigenvalue weighted by Gasteiger charge is -2.25. The van der Waals surface area contributed by atoms with E-state index in [1.807, 2.05) is 38.1 Å². The number of amides is 2. The largest absolute Gasteiger partial charge is 0.322 e. The summed E-state index contributed by atoms with van der Waals surface area (Å²) in [4.78, 5) is 14.4. The molecule has 1 fully saturated rings. The summed E-state index contributed by atoms with van der Waals surface area (Å²) in [6.07, 6.45) is 1.80. The van der Waals surface area contributed by atoms with Gasteiger partial charge in [0.15, 0.2) is 0 Å². The van der Waals surface area contributed by atoms with E-state index in [0.717, 1.165) is 29.7 Å². The molecular formula is C19H21FN2O. The van der Waals surface area contributed by atoms with Crippen LogP contribution in [-0.2, 0) is 0 Å². The maximum absolute atomic E-state index is 13.5. The Morgan fingerprint density at radius 3 is 2.74 bits per heavy atom. The van der Waals surface area contributed by atoms with E-state index in [1.54, 1.807) is 11.0 Å². The molecule has 1 N–H and O–H groups in total. The molecule has 3 nitrogen and oxygen atoms in total. The first-order chi connectivity index (χ1) is 11.0. The van der Waals surface area contributed by atoms with E-state index >= 15 is 0 Å². The number of halogens is 1. The van der Waals surface area contributed by atoms with E-state index in [4.69, 9.17) is 0 Å². The molecule has 2 aromatic rings. The summed E-state index contributed by atoms with van der Waals surface area (Å²) in [5.41, 5.74) is 3.99. The molecule has 1 aliphatic rings. The zero-order chi connectivity index (χ0) is 16.4. The van der Waals surface area contributed by atoms with Crippen molar-refractivity contribution in [3.05, 3.63) is 65.0 Å². The molecule has 0 bridgehead atoms. The maximum atomic E-state index is 13.5. The van der Waals surface area contributed by atoms with Crippen LogP contribution in [0, 0.1) is 19.7 Å². The van der Waals surface area contributed by atoms with Crippen LogP contribution in [0.2, 0.25) is 0 Å². The number of carbonyl (C=O) groups is 1. The average Bonchev–Trinajstić information content (AvgIpc) is 3.00. The zero-order valence-corrected chi connectivity index (χ0v) is 13.5. The van der Waals surface area contributed by atoms with Crippen molar-refractivity contribution < 1.29 is 9.18 Å². The van der Waals surface area contributed by atoms with Crippen molar-refractivity contribution in [2.24, 2.45) is 0 Å². The van der Waals surface area contributed by atoms with Crippen LogP contribution < -0.4 is 5.32 Å². The molecule has 120 valence electrons. The molecule has 0 spiro atoms. The number of aryl methyl sites for hydroxylation is 2. The molecule has 1 aliphatic heterocycles. The molecule has 0 saturated carbocycles. The standard InChI is InChI=1S/C19H21FN2O/c1-13-8-9-17(11-14(13)2)21-19(23)22-10-4-7-18(22)15-5-3-6-16(20)12-15/h3,5-6,8-9,11-12,18H,4,7,10H2,1-2H3,(H,21,23)/t18-/m1/s1. The highest BCUT2D eigenvalue weighted by Crippen LogP contribution is 2.32. The minimum absolute atomic E-state index is 0.0581. The second kappa shape index (κ2) is 6.41. The van der Waals surface area contributed by atoms with Gasteiger partial charge in [-0.15, -0.1) is 0 Å². The minimum Gasteiger partial charge on any atom is -0.317 e. The molecule has 23 heavy (non-hydrogen) atoms. The third-order valence-corrected chi connectivity index (χ3v) is 4.51. The van der Waals surface area contributed by atoms with Gasteiger partial charge in [0.1, 0.15) is 5.82 Å².